The largest absolute Gasteiger partial charge is 0.490 e. The van der Waals surface area contributed by atoms with Gasteiger partial charge in [-0.2, -0.15) is 13.2 Å². The molecule has 0 aromatic carbocycles. The van der Waals surface area contributed by atoms with Crippen LogP contribution in [0.25, 0.3) is 0 Å². The summed E-state index contributed by atoms with van der Waals surface area (Å²) < 4.78 is 33.8. The van der Waals surface area contributed by atoms with Gasteiger partial charge in [0.15, 0.2) is 0 Å². The van der Waals surface area contributed by atoms with Crippen molar-refractivity contribution in [3.8, 4) is 0 Å². The number of imidazole rings is 1. The highest BCUT2D eigenvalue weighted by molar-refractivity contribution is 5.92. The number of carboxylic acid groups (broad SMARTS) is 1. The van der Waals surface area contributed by atoms with Gasteiger partial charge >= 0.3 is 12.1 Å². The molecule has 1 unspecified atom stereocenters. The number of likely N-dealkylation sites (tertiary alicyclic amines) is 1. The molecule has 0 saturated carbocycles. The Morgan fingerprint density at radius 3 is 2.35 bits per heavy atom. The topological polar surface area (TPSA) is 113 Å². The Bertz CT molecular complexity index is 897. The Hall–Kier alpha value is -3.18. The fraction of sp³-hybridized carbons (Fsp3) is 0.526. The van der Waals surface area contributed by atoms with E-state index in [9.17, 15) is 18.0 Å². The van der Waals surface area contributed by atoms with Crippen molar-refractivity contribution in [1.82, 2.24) is 24.4 Å². The molecular formula is C19H23F3N6O3. The number of anilines is 1. The normalized spacial score (nSPS) is 18.4. The number of piperidine rings is 1. The van der Waals surface area contributed by atoms with Gasteiger partial charge in [-0.05, 0) is 31.7 Å². The second-order valence-electron chi connectivity index (χ2n) is 7.28. The van der Waals surface area contributed by atoms with E-state index in [1.807, 2.05) is 4.90 Å². The van der Waals surface area contributed by atoms with Crippen LogP contribution in [-0.4, -0.2) is 66.7 Å². The van der Waals surface area contributed by atoms with Crippen molar-refractivity contribution in [2.24, 2.45) is 0 Å². The lowest BCUT2D eigenvalue weighted by Crippen LogP contribution is -2.39. The van der Waals surface area contributed by atoms with Crippen molar-refractivity contribution < 1.29 is 27.9 Å². The highest BCUT2D eigenvalue weighted by atomic mass is 19.4. The molecule has 9 nitrogen and oxygen atoms in total. The summed E-state index contributed by atoms with van der Waals surface area (Å²) >= 11 is 0. The lowest BCUT2D eigenvalue weighted by molar-refractivity contribution is -0.192. The number of nitrogens with one attached hydrogen (secondary N) is 1. The summed E-state index contributed by atoms with van der Waals surface area (Å²) in [5, 5.41) is 10.5. The molecule has 31 heavy (non-hydrogen) atoms. The van der Waals surface area contributed by atoms with Crippen molar-refractivity contribution in [3.63, 3.8) is 0 Å². The minimum absolute atomic E-state index is 0.116. The number of hydrogen-bond acceptors (Lipinski definition) is 6. The van der Waals surface area contributed by atoms with E-state index in [0.29, 0.717) is 11.6 Å². The first kappa shape index (κ1) is 22.5. The zero-order valence-electron chi connectivity index (χ0n) is 16.7. The fourth-order valence-corrected chi connectivity index (χ4v) is 3.54. The number of alkyl halides is 3. The third-order valence-corrected chi connectivity index (χ3v) is 5.06. The van der Waals surface area contributed by atoms with E-state index in [4.69, 9.17) is 9.90 Å². The molecule has 0 spiro atoms. The number of aromatic nitrogens is 4. The summed E-state index contributed by atoms with van der Waals surface area (Å²) in [6.07, 6.45) is 5.36. The minimum atomic E-state index is -5.08. The zero-order chi connectivity index (χ0) is 22.4. The van der Waals surface area contributed by atoms with Crippen LogP contribution >= 0.6 is 0 Å². The maximum absolute atomic E-state index is 12.8. The molecule has 12 heteroatoms. The molecule has 2 aliphatic heterocycles. The second kappa shape index (κ2) is 9.75. The Balaban J connectivity index is 0.000000339. The molecule has 2 aromatic heterocycles. The lowest BCUT2D eigenvalue weighted by atomic mass is 10.1. The Labute approximate surface area is 176 Å². The van der Waals surface area contributed by atoms with Gasteiger partial charge in [-0.1, -0.05) is 0 Å². The van der Waals surface area contributed by atoms with Gasteiger partial charge in [-0.15, -0.1) is 0 Å². The predicted molar refractivity (Wildman–Crippen MR) is 103 cm³/mol. The molecule has 4 heterocycles. The molecular weight excluding hydrogens is 417 g/mol. The first-order valence-electron chi connectivity index (χ1n) is 9.93. The number of rotatable bonds is 3. The zero-order valence-corrected chi connectivity index (χ0v) is 16.7. The molecule has 4 rings (SSSR count). The van der Waals surface area contributed by atoms with Crippen LogP contribution in [0, 0.1) is 0 Å². The number of carboxylic acids is 1. The number of amides is 1. The van der Waals surface area contributed by atoms with Crippen LogP contribution in [0.4, 0.5) is 19.1 Å². The van der Waals surface area contributed by atoms with Crippen molar-refractivity contribution in [3.05, 3.63) is 36.2 Å². The number of carbonyl (C=O) groups is 2. The number of hydrogen-bond donors (Lipinski definition) is 2. The first-order chi connectivity index (χ1) is 14.8. The van der Waals surface area contributed by atoms with Crippen molar-refractivity contribution in [2.75, 3.05) is 18.4 Å². The van der Waals surface area contributed by atoms with Gasteiger partial charge in [0, 0.05) is 44.5 Å². The second-order valence-corrected chi connectivity index (χ2v) is 7.28. The number of halogens is 3. The van der Waals surface area contributed by atoms with Gasteiger partial charge in [-0.25, -0.2) is 19.7 Å². The third kappa shape index (κ3) is 5.92. The van der Waals surface area contributed by atoms with Gasteiger partial charge < -0.3 is 19.9 Å². The van der Waals surface area contributed by atoms with Gasteiger partial charge in [0.05, 0.1) is 6.20 Å². The van der Waals surface area contributed by atoms with E-state index < -0.39 is 12.1 Å². The monoisotopic (exact) mass is 440 g/mol. The quantitative estimate of drug-likeness (QED) is 0.753. The van der Waals surface area contributed by atoms with Crippen LogP contribution in [0.1, 0.15) is 42.0 Å². The van der Waals surface area contributed by atoms with Gasteiger partial charge in [0.1, 0.15) is 11.5 Å². The Morgan fingerprint density at radius 1 is 1.10 bits per heavy atom. The van der Waals surface area contributed by atoms with Crippen LogP contribution < -0.4 is 5.32 Å². The van der Waals surface area contributed by atoms with Crippen LogP contribution in [0.15, 0.2) is 24.7 Å². The van der Waals surface area contributed by atoms with E-state index in [1.165, 1.54) is 6.42 Å². The molecule has 168 valence electrons. The van der Waals surface area contributed by atoms with Crippen LogP contribution in [0.3, 0.4) is 0 Å². The molecule has 1 amide bonds. The van der Waals surface area contributed by atoms with Gasteiger partial charge in [-0.3, -0.25) is 4.79 Å². The number of fused-ring (bicyclic) bond motifs is 1. The van der Waals surface area contributed by atoms with Gasteiger partial charge in [0.2, 0.25) is 5.95 Å². The summed E-state index contributed by atoms with van der Waals surface area (Å²) in [6.45, 7) is 2.44. The summed E-state index contributed by atoms with van der Waals surface area (Å²) in [6, 6.07) is 2.01. The minimum Gasteiger partial charge on any atom is -0.475 e. The van der Waals surface area contributed by atoms with E-state index in [1.54, 1.807) is 24.7 Å². The third-order valence-electron chi connectivity index (χ3n) is 5.06. The molecule has 1 atom stereocenters. The molecule has 0 radical (unpaired) electrons. The molecule has 0 bridgehead atoms. The average Bonchev–Trinajstić information content (AvgIpc) is 3.17. The Kier molecular flexibility index (Phi) is 7.08. The van der Waals surface area contributed by atoms with E-state index >= 15 is 0 Å². The first-order valence-corrected chi connectivity index (χ1v) is 9.93. The highest BCUT2D eigenvalue weighted by Crippen LogP contribution is 2.21. The maximum Gasteiger partial charge on any atom is 0.490 e. The number of nitrogens with zero attached hydrogens (tertiary/aromatic N) is 5. The predicted octanol–water partition coefficient (Wildman–Crippen LogP) is 2.36. The summed E-state index contributed by atoms with van der Waals surface area (Å²) in [4.78, 5) is 36.6. The Morgan fingerprint density at radius 2 is 1.74 bits per heavy atom. The van der Waals surface area contributed by atoms with Crippen LogP contribution in [-0.2, 0) is 17.8 Å². The molecule has 2 aliphatic rings. The van der Waals surface area contributed by atoms with Crippen LogP contribution in [0.5, 0.6) is 0 Å². The van der Waals surface area contributed by atoms with Crippen LogP contribution in [0.2, 0.25) is 0 Å². The summed E-state index contributed by atoms with van der Waals surface area (Å²) in [7, 11) is 0. The average molecular weight is 440 g/mol. The van der Waals surface area contributed by atoms with E-state index in [0.717, 1.165) is 51.1 Å². The van der Waals surface area contributed by atoms with Crippen molar-refractivity contribution in [1.29, 1.82) is 0 Å². The number of aryl methyl sites for hydroxylation is 1. The summed E-state index contributed by atoms with van der Waals surface area (Å²) in [5.74, 6) is -1.00. The SMILES string of the molecule is O=C(O)C(F)(F)F.O=C(c1cnc2n1CC(Nc1ncccn1)CC2)N1CCCCC1. The highest BCUT2D eigenvalue weighted by Gasteiger charge is 2.38. The smallest absolute Gasteiger partial charge is 0.475 e. The summed E-state index contributed by atoms with van der Waals surface area (Å²) in [5.41, 5.74) is 0.715. The maximum atomic E-state index is 12.8. The number of carbonyl (C=O) groups excluding carboxylic acids is 1. The number of aliphatic carboxylic acids is 1. The molecule has 1 saturated heterocycles. The van der Waals surface area contributed by atoms with E-state index in [-0.39, 0.29) is 11.9 Å². The standard InChI is InChI=1S/C17H22N6O.C2HF3O2/c24-16(22-9-2-1-3-10-22)14-11-20-15-6-5-13(12-23(14)15)21-17-18-7-4-8-19-17;3-2(4,5)1(6)7/h4,7-8,11,13H,1-3,5-6,9-10,12H2,(H,18,19,21);(H,6,7). The molecule has 0 aliphatic carbocycles. The van der Waals surface area contributed by atoms with Gasteiger partial charge in [0.25, 0.3) is 5.91 Å². The molecule has 2 aromatic rings. The van der Waals surface area contributed by atoms with E-state index in [2.05, 4.69) is 24.8 Å². The van der Waals surface area contributed by atoms with Crippen molar-refractivity contribution >= 4 is 17.8 Å². The lowest BCUT2D eigenvalue weighted by Gasteiger charge is -2.29. The molecule has 2 N–H and O–H groups in total. The fourth-order valence-electron chi connectivity index (χ4n) is 3.54. The van der Waals surface area contributed by atoms with Crippen molar-refractivity contribution in [2.45, 2.75) is 50.9 Å². The molecule has 1 fully saturated rings.